The number of hydrogen-bond donors (Lipinski definition) is 1. The quantitative estimate of drug-likeness (QED) is 0.117. The smallest absolute Gasteiger partial charge is 0.280 e. The van der Waals surface area contributed by atoms with Crippen molar-refractivity contribution in [2.75, 3.05) is 60.6 Å². The van der Waals surface area contributed by atoms with Gasteiger partial charge in [0.1, 0.15) is 34.6 Å². The minimum Gasteiger partial charge on any atom is -0.497 e. The number of nitro groups is 1. The Hall–Kier alpha value is -5.02. The molecule has 0 aliphatic carbocycles. The Morgan fingerprint density at radius 1 is 0.625 bits per heavy atom. The highest BCUT2D eigenvalue weighted by atomic mass is 19.1. The first kappa shape index (κ1) is 34.3. The molecular formula is C34H34F2N2O10. The molecule has 6 rings (SSSR count). The van der Waals surface area contributed by atoms with Gasteiger partial charge in [-0.05, 0) is 53.6 Å². The first-order chi connectivity index (χ1) is 23.1. The van der Waals surface area contributed by atoms with Crippen LogP contribution in [-0.4, -0.2) is 59.8 Å². The van der Waals surface area contributed by atoms with E-state index in [0.717, 1.165) is 6.07 Å². The highest BCUT2D eigenvalue weighted by Crippen LogP contribution is 2.39. The molecule has 2 N–H and O–H groups in total. The van der Waals surface area contributed by atoms with E-state index in [4.69, 9.17) is 43.6 Å². The molecule has 4 aromatic carbocycles. The van der Waals surface area contributed by atoms with Gasteiger partial charge in [-0.2, -0.15) is 0 Å². The maximum Gasteiger partial charge on any atom is 0.280 e. The highest BCUT2D eigenvalue weighted by molar-refractivity contribution is 5.72. The molecular weight excluding hydrogens is 634 g/mol. The third kappa shape index (κ3) is 7.58. The van der Waals surface area contributed by atoms with Crippen LogP contribution in [0.25, 0.3) is 22.3 Å². The first-order valence-corrected chi connectivity index (χ1v) is 14.7. The Kier molecular flexibility index (Phi) is 10.9. The summed E-state index contributed by atoms with van der Waals surface area (Å²) in [5.74, 6) is 0.934. The summed E-state index contributed by atoms with van der Waals surface area (Å²) in [4.78, 5) is 10.6. The van der Waals surface area contributed by atoms with Crippen molar-refractivity contribution >= 4 is 11.4 Å². The molecule has 0 amide bonds. The molecule has 0 saturated carbocycles. The molecule has 0 spiro atoms. The van der Waals surface area contributed by atoms with Crippen molar-refractivity contribution in [1.29, 1.82) is 0 Å². The number of nitrogens with zero attached hydrogens (tertiary/aromatic N) is 1. The standard InChI is InChI=1S/C17H16FNO6.C17H18FNO4/c1-22-11-5-10(6-12(7-11)23-2)13-8-14(17-24-3-4-25-17)16(19(20)21)9-15(13)18;1-20-11-5-10(6-12(7-11)21-2)13-8-14(16(19)9-15(13)18)17-22-3-4-23-17/h5-9,17H,3-4H2,1-2H3;5-9,17H,3-4,19H2,1-2H3. The maximum absolute atomic E-state index is 14.6. The Labute approximate surface area is 274 Å². The molecule has 0 unspecified atom stereocenters. The summed E-state index contributed by atoms with van der Waals surface area (Å²) in [5, 5.41) is 11.3. The van der Waals surface area contributed by atoms with Gasteiger partial charge >= 0.3 is 0 Å². The third-order valence-electron chi connectivity index (χ3n) is 7.56. The number of halogens is 2. The summed E-state index contributed by atoms with van der Waals surface area (Å²) in [6.45, 7) is 1.62. The van der Waals surface area contributed by atoms with Crippen LogP contribution in [0.1, 0.15) is 23.7 Å². The minimum absolute atomic E-state index is 0.164. The SMILES string of the molecule is COc1cc(OC)cc(-c2cc(C3OCCO3)c(N)cc2F)c1.COc1cc(OC)cc(-c2cc(C3OCCO3)c([N+](=O)[O-])cc2F)c1. The van der Waals surface area contributed by atoms with Gasteiger partial charge in [0.05, 0.1) is 71.4 Å². The zero-order valence-corrected chi connectivity index (χ0v) is 26.6. The number of ether oxygens (including phenoxy) is 8. The number of nitrogens with two attached hydrogens (primary N) is 1. The van der Waals surface area contributed by atoms with Crippen molar-refractivity contribution in [3.8, 4) is 45.3 Å². The number of rotatable bonds is 9. The van der Waals surface area contributed by atoms with Gasteiger partial charge in [0.25, 0.3) is 5.69 Å². The van der Waals surface area contributed by atoms with Gasteiger partial charge < -0.3 is 43.6 Å². The van der Waals surface area contributed by atoms with Gasteiger partial charge in [-0.15, -0.1) is 0 Å². The number of benzene rings is 4. The van der Waals surface area contributed by atoms with E-state index in [1.807, 2.05) is 0 Å². The topological polar surface area (TPSA) is 143 Å². The average Bonchev–Trinajstić information content (AvgIpc) is 3.84. The van der Waals surface area contributed by atoms with E-state index in [-0.39, 0.29) is 16.8 Å². The molecule has 2 aliphatic rings. The van der Waals surface area contributed by atoms with Gasteiger partial charge in [0.2, 0.25) is 0 Å². The lowest BCUT2D eigenvalue weighted by Gasteiger charge is -2.15. The summed E-state index contributed by atoms with van der Waals surface area (Å²) in [6, 6.07) is 15.3. The maximum atomic E-state index is 14.6. The van der Waals surface area contributed by atoms with Crippen LogP contribution in [0.15, 0.2) is 60.7 Å². The van der Waals surface area contributed by atoms with Crippen LogP contribution < -0.4 is 24.7 Å². The normalized spacial score (nSPS) is 14.7. The van der Waals surface area contributed by atoms with Crippen LogP contribution in [0.4, 0.5) is 20.2 Å². The van der Waals surface area contributed by atoms with Crippen LogP contribution in [0.2, 0.25) is 0 Å². The molecule has 254 valence electrons. The lowest BCUT2D eigenvalue weighted by Crippen LogP contribution is -2.05. The molecule has 0 atom stereocenters. The van der Waals surface area contributed by atoms with Crippen molar-refractivity contribution in [1.82, 2.24) is 0 Å². The monoisotopic (exact) mass is 668 g/mol. The van der Waals surface area contributed by atoms with Crippen molar-refractivity contribution in [3.05, 3.63) is 93.5 Å². The van der Waals surface area contributed by atoms with E-state index in [9.17, 15) is 18.9 Å². The predicted octanol–water partition coefficient (Wildman–Crippen LogP) is 6.60. The van der Waals surface area contributed by atoms with E-state index >= 15 is 0 Å². The third-order valence-corrected chi connectivity index (χ3v) is 7.56. The summed E-state index contributed by atoms with van der Waals surface area (Å²) in [5.41, 5.74) is 8.23. The Morgan fingerprint density at radius 2 is 1.00 bits per heavy atom. The van der Waals surface area contributed by atoms with E-state index in [0.29, 0.717) is 77.4 Å². The largest absolute Gasteiger partial charge is 0.497 e. The van der Waals surface area contributed by atoms with Crippen molar-refractivity contribution < 1.29 is 51.6 Å². The molecule has 4 aromatic rings. The number of nitrogen functional groups attached to an aromatic ring is 1. The lowest BCUT2D eigenvalue weighted by molar-refractivity contribution is -0.386. The number of anilines is 1. The highest BCUT2D eigenvalue weighted by Gasteiger charge is 2.29. The fourth-order valence-electron chi connectivity index (χ4n) is 5.18. The fraction of sp³-hybridized carbons (Fsp3) is 0.294. The van der Waals surface area contributed by atoms with Crippen molar-refractivity contribution in [3.63, 3.8) is 0 Å². The lowest BCUT2D eigenvalue weighted by atomic mass is 10.00. The molecule has 12 nitrogen and oxygen atoms in total. The zero-order valence-electron chi connectivity index (χ0n) is 26.6. The first-order valence-electron chi connectivity index (χ1n) is 14.7. The number of nitro benzene ring substituents is 1. The van der Waals surface area contributed by atoms with Crippen LogP contribution >= 0.6 is 0 Å². The van der Waals surface area contributed by atoms with Gasteiger partial charge in [-0.3, -0.25) is 10.1 Å². The van der Waals surface area contributed by atoms with Gasteiger partial charge in [0, 0.05) is 34.5 Å². The summed E-state index contributed by atoms with van der Waals surface area (Å²) >= 11 is 0. The molecule has 0 bridgehead atoms. The fourth-order valence-corrected chi connectivity index (χ4v) is 5.18. The van der Waals surface area contributed by atoms with E-state index in [1.165, 1.54) is 26.4 Å². The molecule has 0 radical (unpaired) electrons. The summed E-state index contributed by atoms with van der Waals surface area (Å²) in [7, 11) is 6.06. The van der Waals surface area contributed by atoms with E-state index in [1.54, 1.807) is 56.7 Å². The molecule has 0 aromatic heterocycles. The van der Waals surface area contributed by atoms with E-state index < -0.39 is 29.1 Å². The molecule has 48 heavy (non-hydrogen) atoms. The predicted molar refractivity (Wildman–Crippen MR) is 170 cm³/mol. The summed E-state index contributed by atoms with van der Waals surface area (Å²) < 4.78 is 71.5. The van der Waals surface area contributed by atoms with Crippen LogP contribution in [0.5, 0.6) is 23.0 Å². The second-order valence-corrected chi connectivity index (χ2v) is 10.5. The van der Waals surface area contributed by atoms with Gasteiger partial charge in [-0.1, -0.05) is 0 Å². The number of hydrogen-bond acceptors (Lipinski definition) is 11. The van der Waals surface area contributed by atoms with E-state index in [2.05, 4.69) is 0 Å². The molecule has 2 saturated heterocycles. The molecule has 14 heteroatoms. The Morgan fingerprint density at radius 3 is 1.40 bits per heavy atom. The second kappa shape index (κ2) is 15.3. The van der Waals surface area contributed by atoms with Crippen LogP contribution in [0.3, 0.4) is 0 Å². The van der Waals surface area contributed by atoms with Crippen LogP contribution in [-0.2, 0) is 18.9 Å². The molecule has 2 aliphatic heterocycles. The number of methoxy groups -OCH3 is 4. The molecule has 2 heterocycles. The summed E-state index contributed by atoms with van der Waals surface area (Å²) in [6.07, 6.45) is -1.46. The van der Waals surface area contributed by atoms with Gasteiger partial charge in [0.15, 0.2) is 12.6 Å². The Balaban J connectivity index is 0.000000188. The zero-order chi connectivity index (χ0) is 34.4. The average molecular weight is 669 g/mol. The van der Waals surface area contributed by atoms with Crippen molar-refractivity contribution in [2.24, 2.45) is 0 Å². The minimum atomic E-state index is -0.896. The molecule has 2 fully saturated rings. The Bertz CT molecular complexity index is 1730. The van der Waals surface area contributed by atoms with Crippen molar-refractivity contribution in [2.45, 2.75) is 12.6 Å². The van der Waals surface area contributed by atoms with Gasteiger partial charge in [-0.25, -0.2) is 8.78 Å². The second-order valence-electron chi connectivity index (χ2n) is 10.5. The van der Waals surface area contributed by atoms with Crippen LogP contribution in [0, 0.1) is 21.7 Å².